The quantitative estimate of drug-likeness (QED) is 0.861. The molecule has 2 aromatic rings. The van der Waals surface area contributed by atoms with Gasteiger partial charge in [-0.05, 0) is 5.92 Å². The van der Waals surface area contributed by atoms with Crippen molar-refractivity contribution in [3.8, 4) is 11.5 Å². The molecule has 2 heterocycles. The molecule has 2 aromatic heterocycles. The van der Waals surface area contributed by atoms with Crippen molar-refractivity contribution in [1.82, 2.24) is 20.1 Å². The van der Waals surface area contributed by atoms with Crippen molar-refractivity contribution in [2.75, 3.05) is 0 Å². The molecule has 0 spiro atoms. The lowest BCUT2D eigenvalue weighted by Gasteiger charge is -2.12. The van der Waals surface area contributed by atoms with Gasteiger partial charge in [-0.2, -0.15) is 4.98 Å². The molecule has 17 heavy (non-hydrogen) atoms. The van der Waals surface area contributed by atoms with E-state index in [2.05, 4.69) is 34.0 Å². The van der Waals surface area contributed by atoms with Crippen molar-refractivity contribution in [2.24, 2.45) is 11.7 Å². The molecule has 0 aromatic carbocycles. The van der Waals surface area contributed by atoms with Gasteiger partial charge in [0.25, 0.3) is 0 Å². The second-order valence-corrected chi connectivity index (χ2v) is 3.96. The summed E-state index contributed by atoms with van der Waals surface area (Å²) < 4.78 is 5.15. The average molecular weight is 233 g/mol. The average Bonchev–Trinajstić information content (AvgIpc) is 2.87. The third kappa shape index (κ3) is 2.47. The van der Waals surface area contributed by atoms with E-state index in [9.17, 15) is 0 Å². The topological polar surface area (TPSA) is 90.7 Å². The number of nitrogens with zero attached hydrogens (tertiary/aromatic N) is 4. The maximum atomic E-state index is 6.01. The van der Waals surface area contributed by atoms with Gasteiger partial charge in [0.15, 0.2) is 0 Å². The maximum absolute atomic E-state index is 6.01. The van der Waals surface area contributed by atoms with Gasteiger partial charge in [-0.25, -0.2) is 4.98 Å². The predicted octanol–water partition coefficient (Wildman–Crippen LogP) is 1.57. The van der Waals surface area contributed by atoms with Crippen molar-refractivity contribution >= 4 is 0 Å². The first-order valence-electron chi connectivity index (χ1n) is 5.58. The summed E-state index contributed by atoms with van der Waals surface area (Å²) >= 11 is 0. The Morgan fingerprint density at radius 2 is 2.24 bits per heavy atom. The van der Waals surface area contributed by atoms with Crippen LogP contribution in [0.25, 0.3) is 11.5 Å². The van der Waals surface area contributed by atoms with Crippen LogP contribution in [-0.4, -0.2) is 20.1 Å². The van der Waals surface area contributed by atoms with Gasteiger partial charge in [0, 0.05) is 12.4 Å². The minimum absolute atomic E-state index is 0.238. The first-order valence-corrected chi connectivity index (χ1v) is 5.58. The van der Waals surface area contributed by atoms with Gasteiger partial charge in [0.1, 0.15) is 5.69 Å². The van der Waals surface area contributed by atoms with Crippen LogP contribution in [0, 0.1) is 5.92 Å². The highest BCUT2D eigenvalue weighted by Gasteiger charge is 2.20. The van der Waals surface area contributed by atoms with Crippen LogP contribution in [0.5, 0.6) is 0 Å². The summed E-state index contributed by atoms with van der Waals surface area (Å²) in [7, 11) is 0. The molecule has 0 saturated heterocycles. The zero-order valence-corrected chi connectivity index (χ0v) is 9.87. The van der Waals surface area contributed by atoms with Crippen LogP contribution in [0.3, 0.4) is 0 Å². The first kappa shape index (κ1) is 11.7. The van der Waals surface area contributed by atoms with E-state index < -0.39 is 0 Å². The molecule has 0 aliphatic carbocycles. The Hall–Kier alpha value is -1.82. The molecule has 90 valence electrons. The summed E-state index contributed by atoms with van der Waals surface area (Å²) in [6, 6.07) is -0.238. The Labute approximate surface area is 99.3 Å². The smallest absolute Gasteiger partial charge is 0.244 e. The van der Waals surface area contributed by atoms with E-state index in [-0.39, 0.29) is 6.04 Å². The Balaban J connectivity index is 2.22. The summed E-state index contributed by atoms with van der Waals surface area (Å²) in [5, 5.41) is 3.86. The van der Waals surface area contributed by atoms with Gasteiger partial charge in [0.2, 0.25) is 11.7 Å². The molecule has 0 fully saturated rings. The van der Waals surface area contributed by atoms with Crippen LogP contribution < -0.4 is 5.73 Å². The van der Waals surface area contributed by atoms with Crippen LogP contribution >= 0.6 is 0 Å². The number of hydrogen-bond donors (Lipinski definition) is 1. The Kier molecular flexibility index (Phi) is 3.43. The van der Waals surface area contributed by atoms with Crippen LogP contribution in [0.1, 0.15) is 32.2 Å². The molecule has 0 aliphatic rings. The van der Waals surface area contributed by atoms with E-state index in [1.165, 1.54) is 0 Å². The van der Waals surface area contributed by atoms with Crippen LogP contribution in [0.15, 0.2) is 23.1 Å². The Morgan fingerprint density at radius 3 is 2.88 bits per heavy atom. The zero-order chi connectivity index (χ0) is 12.3. The molecule has 2 N–H and O–H groups in total. The molecular weight excluding hydrogens is 218 g/mol. The summed E-state index contributed by atoms with van der Waals surface area (Å²) in [5.74, 6) is 1.16. The van der Waals surface area contributed by atoms with E-state index in [1.54, 1.807) is 18.6 Å². The molecule has 2 unspecified atom stereocenters. The summed E-state index contributed by atoms with van der Waals surface area (Å²) in [5.41, 5.74) is 6.59. The summed E-state index contributed by atoms with van der Waals surface area (Å²) in [4.78, 5) is 12.3. The van der Waals surface area contributed by atoms with E-state index >= 15 is 0 Å². The fraction of sp³-hybridized carbons (Fsp3) is 0.455. The SMILES string of the molecule is CCC(C)C(N)c1nc(-c2cnccn2)no1. The number of aromatic nitrogens is 4. The van der Waals surface area contributed by atoms with Crippen molar-refractivity contribution < 1.29 is 4.52 Å². The molecule has 6 nitrogen and oxygen atoms in total. The van der Waals surface area contributed by atoms with Gasteiger partial charge in [0.05, 0.1) is 12.2 Å². The molecule has 0 radical (unpaired) electrons. The third-order valence-electron chi connectivity index (χ3n) is 2.78. The Bertz CT molecular complexity index is 470. The highest BCUT2D eigenvalue weighted by molar-refractivity contribution is 5.45. The molecule has 0 amide bonds. The summed E-state index contributed by atoms with van der Waals surface area (Å²) in [6.45, 7) is 4.13. The van der Waals surface area contributed by atoms with Gasteiger partial charge in [-0.1, -0.05) is 25.4 Å². The predicted molar refractivity (Wildman–Crippen MR) is 61.7 cm³/mol. The van der Waals surface area contributed by atoms with Gasteiger partial charge >= 0.3 is 0 Å². The van der Waals surface area contributed by atoms with Gasteiger partial charge in [-0.15, -0.1) is 0 Å². The number of rotatable bonds is 4. The number of hydrogen-bond acceptors (Lipinski definition) is 6. The molecule has 0 bridgehead atoms. The fourth-order valence-electron chi connectivity index (χ4n) is 1.39. The molecule has 0 saturated carbocycles. The van der Waals surface area contributed by atoms with Crippen molar-refractivity contribution in [3.05, 3.63) is 24.5 Å². The Morgan fingerprint density at radius 1 is 1.41 bits per heavy atom. The minimum Gasteiger partial charge on any atom is -0.337 e. The summed E-state index contributed by atoms with van der Waals surface area (Å²) in [6.07, 6.45) is 5.72. The highest BCUT2D eigenvalue weighted by Crippen LogP contribution is 2.22. The number of nitrogens with two attached hydrogens (primary N) is 1. The van der Waals surface area contributed by atoms with Gasteiger partial charge < -0.3 is 10.3 Å². The van der Waals surface area contributed by atoms with Crippen LogP contribution in [0.4, 0.5) is 0 Å². The zero-order valence-electron chi connectivity index (χ0n) is 9.87. The van der Waals surface area contributed by atoms with Crippen LogP contribution in [0.2, 0.25) is 0 Å². The monoisotopic (exact) mass is 233 g/mol. The third-order valence-corrected chi connectivity index (χ3v) is 2.78. The van der Waals surface area contributed by atoms with Gasteiger partial charge in [-0.3, -0.25) is 4.98 Å². The molecule has 6 heteroatoms. The minimum atomic E-state index is -0.238. The normalized spacial score (nSPS) is 14.5. The van der Waals surface area contributed by atoms with Crippen molar-refractivity contribution in [3.63, 3.8) is 0 Å². The van der Waals surface area contributed by atoms with Crippen molar-refractivity contribution in [1.29, 1.82) is 0 Å². The molecule has 0 aliphatic heterocycles. The van der Waals surface area contributed by atoms with Crippen LogP contribution in [-0.2, 0) is 0 Å². The van der Waals surface area contributed by atoms with E-state index in [1.807, 2.05) is 0 Å². The molecular formula is C11H15N5O. The standard InChI is InChI=1S/C11H15N5O/c1-3-7(2)9(12)11-15-10(16-17-11)8-6-13-4-5-14-8/h4-7,9H,3,12H2,1-2H3. The molecule has 2 rings (SSSR count). The van der Waals surface area contributed by atoms with E-state index in [0.717, 1.165) is 6.42 Å². The fourth-order valence-corrected chi connectivity index (χ4v) is 1.39. The lowest BCUT2D eigenvalue weighted by molar-refractivity contribution is 0.312. The highest BCUT2D eigenvalue weighted by atomic mass is 16.5. The lowest BCUT2D eigenvalue weighted by Crippen LogP contribution is -2.18. The molecule has 2 atom stereocenters. The largest absolute Gasteiger partial charge is 0.337 e. The van der Waals surface area contributed by atoms with E-state index in [4.69, 9.17) is 10.3 Å². The lowest BCUT2D eigenvalue weighted by atomic mass is 10.0. The second-order valence-electron chi connectivity index (χ2n) is 3.96. The van der Waals surface area contributed by atoms with E-state index in [0.29, 0.717) is 23.3 Å². The van der Waals surface area contributed by atoms with Crippen molar-refractivity contribution in [2.45, 2.75) is 26.3 Å². The first-order chi connectivity index (χ1) is 8.22. The second kappa shape index (κ2) is 5.01. The maximum Gasteiger partial charge on any atom is 0.244 e.